The minimum Gasteiger partial charge on any atom is -0.465 e. The number of anilines is 2. The summed E-state index contributed by atoms with van der Waals surface area (Å²) >= 11 is 0. The van der Waals surface area contributed by atoms with E-state index in [1.165, 1.54) is 7.11 Å². The van der Waals surface area contributed by atoms with Crippen LogP contribution in [0, 0.1) is 0 Å². The van der Waals surface area contributed by atoms with Crippen LogP contribution in [-0.4, -0.2) is 37.4 Å². The van der Waals surface area contributed by atoms with Crippen molar-refractivity contribution in [3.05, 3.63) is 23.8 Å². The highest BCUT2D eigenvalue weighted by atomic mass is 16.5. The maximum atomic E-state index is 11.7. The summed E-state index contributed by atoms with van der Waals surface area (Å²) in [7, 11) is 1.35. The molecule has 1 saturated heterocycles. The zero-order chi connectivity index (χ0) is 14.5. The molecule has 0 saturated carbocycles. The Labute approximate surface area is 119 Å². The highest BCUT2D eigenvalue weighted by Crippen LogP contribution is 2.33. The van der Waals surface area contributed by atoms with Gasteiger partial charge in [-0.3, -0.25) is 0 Å². The molecule has 0 amide bonds. The maximum Gasteiger partial charge on any atom is 0.340 e. The molecule has 0 aromatic heterocycles. The fourth-order valence-corrected chi connectivity index (χ4v) is 2.86. The smallest absolute Gasteiger partial charge is 0.340 e. The lowest BCUT2D eigenvalue weighted by atomic mass is 9.97. The second-order valence-electron chi connectivity index (χ2n) is 5.09. The second kappa shape index (κ2) is 6.61. The summed E-state index contributed by atoms with van der Waals surface area (Å²) in [5.41, 5.74) is 7.87. The number of hydrogen-bond donors (Lipinski definition) is 2. The third-order valence-electron chi connectivity index (χ3n) is 3.89. The lowest BCUT2D eigenvalue weighted by Crippen LogP contribution is -2.40. The Hall–Kier alpha value is -1.75. The van der Waals surface area contributed by atoms with E-state index in [1.54, 1.807) is 6.07 Å². The van der Waals surface area contributed by atoms with Crippen molar-refractivity contribution in [3.63, 3.8) is 0 Å². The van der Waals surface area contributed by atoms with Gasteiger partial charge in [-0.05, 0) is 37.8 Å². The number of rotatable bonds is 4. The summed E-state index contributed by atoms with van der Waals surface area (Å²) in [6.45, 7) is 1.07. The quantitative estimate of drug-likeness (QED) is 0.649. The SMILES string of the molecule is COC(=O)c1cccc(N2CCCCC2CCO)c1N. The number of nitrogen functional groups attached to an aromatic ring is 1. The Morgan fingerprint density at radius 3 is 3.00 bits per heavy atom. The number of benzene rings is 1. The fourth-order valence-electron chi connectivity index (χ4n) is 2.86. The highest BCUT2D eigenvalue weighted by molar-refractivity contribution is 5.98. The van der Waals surface area contributed by atoms with E-state index >= 15 is 0 Å². The molecule has 1 atom stereocenters. The standard InChI is InChI=1S/C15H22N2O3/c1-20-15(19)12-6-4-7-13(14(12)16)17-9-3-2-5-11(17)8-10-18/h4,6-7,11,18H,2-3,5,8-10,16H2,1H3. The molecule has 1 aliphatic rings. The zero-order valence-corrected chi connectivity index (χ0v) is 11.8. The van der Waals surface area contributed by atoms with Crippen LogP contribution in [0.2, 0.25) is 0 Å². The molecule has 110 valence electrons. The molecule has 0 bridgehead atoms. The van der Waals surface area contributed by atoms with Crippen molar-refractivity contribution in [3.8, 4) is 0 Å². The first kappa shape index (κ1) is 14.7. The summed E-state index contributed by atoms with van der Waals surface area (Å²) in [6, 6.07) is 5.71. The van der Waals surface area contributed by atoms with E-state index in [1.807, 2.05) is 12.1 Å². The van der Waals surface area contributed by atoms with Crippen LogP contribution in [0.3, 0.4) is 0 Å². The van der Waals surface area contributed by atoms with E-state index < -0.39 is 5.97 Å². The van der Waals surface area contributed by atoms with E-state index in [9.17, 15) is 9.90 Å². The number of nitrogens with two attached hydrogens (primary N) is 1. The molecule has 0 radical (unpaired) electrons. The number of aliphatic hydroxyl groups excluding tert-OH is 1. The normalized spacial score (nSPS) is 18.9. The van der Waals surface area contributed by atoms with E-state index in [0.29, 0.717) is 11.3 Å². The number of ether oxygens (including phenoxy) is 1. The van der Waals surface area contributed by atoms with Crippen molar-refractivity contribution in [2.75, 3.05) is 30.9 Å². The monoisotopic (exact) mass is 278 g/mol. The van der Waals surface area contributed by atoms with Crippen LogP contribution in [-0.2, 0) is 4.74 Å². The Balaban J connectivity index is 2.33. The van der Waals surface area contributed by atoms with Gasteiger partial charge >= 0.3 is 5.97 Å². The first-order valence-electron chi connectivity index (χ1n) is 7.03. The van der Waals surface area contributed by atoms with Crippen LogP contribution in [0.1, 0.15) is 36.0 Å². The molecule has 0 spiro atoms. The van der Waals surface area contributed by atoms with Crippen LogP contribution in [0.25, 0.3) is 0 Å². The van der Waals surface area contributed by atoms with Gasteiger partial charge in [0.15, 0.2) is 0 Å². The van der Waals surface area contributed by atoms with Crippen LogP contribution < -0.4 is 10.6 Å². The minimum absolute atomic E-state index is 0.164. The lowest BCUT2D eigenvalue weighted by Gasteiger charge is -2.38. The number of para-hydroxylation sites is 1. The molecule has 1 unspecified atom stereocenters. The molecule has 1 aliphatic heterocycles. The van der Waals surface area contributed by atoms with Gasteiger partial charge in [-0.1, -0.05) is 6.07 Å². The summed E-state index contributed by atoms with van der Waals surface area (Å²) < 4.78 is 4.76. The van der Waals surface area contributed by atoms with Gasteiger partial charge in [-0.2, -0.15) is 0 Å². The molecule has 1 aromatic carbocycles. The average Bonchev–Trinajstić information content (AvgIpc) is 2.48. The fraction of sp³-hybridized carbons (Fsp3) is 0.533. The number of hydrogen-bond acceptors (Lipinski definition) is 5. The largest absolute Gasteiger partial charge is 0.465 e. The van der Waals surface area contributed by atoms with Gasteiger partial charge in [-0.25, -0.2) is 4.79 Å². The first-order valence-corrected chi connectivity index (χ1v) is 7.03. The highest BCUT2D eigenvalue weighted by Gasteiger charge is 2.25. The second-order valence-corrected chi connectivity index (χ2v) is 5.09. The molecule has 1 heterocycles. The molecule has 1 aromatic rings. The number of esters is 1. The third kappa shape index (κ3) is 2.88. The van der Waals surface area contributed by atoms with Crippen molar-refractivity contribution in [1.82, 2.24) is 0 Å². The minimum atomic E-state index is -0.417. The molecule has 3 N–H and O–H groups in total. The van der Waals surface area contributed by atoms with Crippen LogP contribution in [0.4, 0.5) is 11.4 Å². The number of carbonyl (C=O) groups excluding carboxylic acids is 1. The van der Waals surface area contributed by atoms with Gasteiger partial charge < -0.3 is 20.5 Å². The molecular formula is C15H22N2O3. The molecule has 2 rings (SSSR count). The van der Waals surface area contributed by atoms with Crippen molar-refractivity contribution < 1.29 is 14.6 Å². The Morgan fingerprint density at radius 2 is 2.30 bits per heavy atom. The molecule has 0 aliphatic carbocycles. The van der Waals surface area contributed by atoms with Crippen LogP contribution >= 0.6 is 0 Å². The van der Waals surface area contributed by atoms with Gasteiger partial charge in [0.2, 0.25) is 0 Å². The predicted molar refractivity (Wildman–Crippen MR) is 78.9 cm³/mol. The molecule has 20 heavy (non-hydrogen) atoms. The Bertz CT molecular complexity index is 474. The van der Waals surface area contributed by atoms with Crippen LogP contribution in [0.15, 0.2) is 18.2 Å². The van der Waals surface area contributed by atoms with Crippen LogP contribution in [0.5, 0.6) is 0 Å². The molecular weight excluding hydrogens is 256 g/mol. The number of carbonyl (C=O) groups is 1. The number of piperidine rings is 1. The number of aliphatic hydroxyl groups is 1. The predicted octanol–water partition coefficient (Wildman–Crippen LogP) is 1.80. The van der Waals surface area contributed by atoms with Crippen molar-refractivity contribution in [2.45, 2.75) is 31.7 Å². The Kier molecular flexibility index (Phi) is 4.84. The van der Waals surface area contributed by atoms with E-state index in [4.69, 9.17) is 10.5 Å². The summed E-state index contributed by atoms with van der Waals surface area (Å²) in [5, 5.41) is 9.20. The maximum absolute atomic E-state index is 11.7. The van der Waals surface area contributed by atoms with E-state index in [0.717, 1.165) is 37.9 Å². The average molecular weight is 278 g/mol. The molecule has 5 nitrogen and oxygen atoms in total. The van der Waals surface area contributed by atoms with Gasteiger partial charge in [0, 0.05) is 19.2 Å². The molecule has 1 fully saturated rings. The number of nitrogens with zero attached hydrogens (tertiary/aromatic N) is 1. The zero-order valence-electron chi connectivity index (χ0n) is 11.8. The van der Waals surface area contributed by atoms with E-state index in [-0.39, 0.29) is 12.6 Å². The summed E-state index contributed by atoms with van der Waals surface area (Å²) in [4.78, 5) is 13.9. The third-order valence-corrected chi connectivity index (χ3v) is 3.89. The summed E-state index contributed by atoms with van der Waals surface area (Å²) in [6.07, 6.45) is 4.03. The van der Waals surface area contributed by atoms with Gasteiger partial charge in [0.1, 0.15) is 0 Å². The topological polar surface area (TPSA) is 75.8 Å². The van der Waals surface area contributed by atoms with Crippen molar-refractivity contribution in [2.24, 2.45) is 0 Å². The van der Waals surface area contributed by atoms with Gasteiger partial charge in [0.05, 0.1) is 24.0 Å². The van der Waals surface area contributed by atoms with Gasteiger partial charge in [-0.15, -0.1) is 0 Å². The van der Waals surface area contributed by atoms with Crippen molar-refractivity contribution in [1.29, 1.82) is 0 Å². The van der Waals surface area contributed by atoms with Gasteiger partial charge in [0.25, 0.3) is 0 Å². The molecule has 5 heteroatoms. The first-order chi connectivity index (χ1) is 9.69. The summed E-state index contributed by atoms with van der Waals surface area (Å²) in [5.74, 6) is -0.417. The number of methoxy groups -OCH3 is 1. The Morgan fingerprint density at radius 1 is 1.50 bits per heavy atom. The van der Waals surface area contributed by atoms with Crippen molar-refractivity contribution >= 4 is 17.3 Å². The lowest BCUT2D eigenvalue weighted by molar-refractivity contribution is 0.0602. The van der Waals surface area contributed by atoms with E-state index in [2.05, 4.69) is 4.90 Å².